The maximum atomic E-state index is 5.54. The number of nitrogens with one attached hydrogen (secondary N) is 1. The van der Waals surface area contributed by atoms with E-state index in [1.807, 2.05) is 11.3 Å². The highest BCUT2D eigenvalue weighted by atomic mass is 32.1. The second-order valence-electron chi connectivity index (χ2n) is 14.3. The van der Waals surface area contributed by atoms with Crippen molar-refractivity contribution >= 4 is 97.3 Å². The molecule has 8 aromatic carbocycles. The van der Waals surface area contributed by atoms with Crippen LogP contribution in [0.15, 0.2) is 187 Å². The molecule has 0 amide bonds. The summed E-state index contributed by atoms with van der Waals surface area (Å²) in [6, 6.07) is 55.5. The van der Waals surface area contributed by atoms with Crippen molar-refractivity contribution in [2.75, 3.05) is 0 Å². The number of allylic oxidation sites excluding steroid dienone is 2. The summed E-state index contributed by atoms with van der Waals surface area (Å²) in [6.07, 6.45) is 8.68. The van der Waals surface area contributed by atoms with Crippen LogP contribution >= 0.6 is 11.3 Å². The van der Waals surface area contributed by atoms with Crippen molar-refractivity contribution < 1.29 is 0 Å². The zero-order chi connectivity index (χ0) is 35.3. The van der Waals surface area contributed by atoms with Crippen molar-refractivity contribution in [3.8, 4) is 11.1 Å². The predicted molar refractivity (Wildman–Crippen MR) is 232 cm³/mol. The Kier molecular flexibility index (Phi) is 6.27. The summed E-state index contributed by atoms with van der Waals surface area (Å²) in [4.78, 5) is 5.54. The summed E-state index contributed by atoms with van der Waals surface area (Å²) in [5.41, 5.74) is 8.04. The van der Waals surface area contributed by atoms with Crippen LogP contribution in [0.5, 0.6) is 0 Å². The van der Waals surface area contributed by atoms with Crippen molar-refractivity contribution in [3.05, 3.63) is 187 Å². The quantitative estimate of drug-likeness (QED) is 0.178. The number of hydrogen-bond acceptors (Lipinski definition) is 3. The number of rotatable bonds is 2. The fourth-order valence-electron chi connectivity index (χ4n) is 9.03. The molecule has 1 aliphatic heterocycles. The monoisotopic (exact) mass is 705 g/mol. The number of nitrogens with zero attached hydrogens (tertiary/aromatic N) is 2. The highest BCUT2D eigenvalue weighted by molar-refractivity contribution is 7.26. The highest BCUT2D eigenvalue weighted by Gasteiger charge is 2.28. The van der Waals surface area contributed by atoms with Crippen molar-refractivity contribution in [3.63, 3.8) is 0 Å². The van der Waals surface area contributed by atoms with Gasteiger partial charge in [0.15, 0.2) is 0 Å². The minimum absolute atomic E-state index is 0.0115. The van der Waals surface area contributed by atoms with Crippen LogP contribution in [0.1, 0.15) is 5.56 Å². The van der Waals surface area contributed by atoms with Crippen molar-refractivity contribution in [1.29, 1.82) is 0 Å². The van der Waals surface area contributed by atoms with Crippen LogP contribution in [0.3, 0.4) is 0 Å². The van der Waals surface area contributed by atoms with Gasteiger partial charge in [0.1, 0.15) is 0 Å². The van der Waals surface area contributed by atoms with Crippen molar-refractivity contribution in [2.45, 2.75) is 6.04 Å². The first-order chi connectivity index (χ1) is 26.8. The third kappa shape index (κ3) is 4.20. The molecule has 3 heterocycles. The van der Waals surface area contributed by atoms with Crippen LogP contribution in [0.25, 0.3) is 91.1 Å². The Hall–Kier alpha value is -6.75. The number of thiophene rings is 1. The van der Waals surface area contributed by atoms with Crippen molar-refractivity contribution in [2.24, 2.45) is 4.99 Å². The van der Waals surface area contributed by atoms with Gasteiger partial charge in [0.25, 0.3) is 0 Å². The first-order valence-electron chi connectivity index (χ1n) is 18.5. The van der Waals surface area contributed by atoms with Gasteiger partial charge in [0.05, 0.1) is 22.8 Å². The van der Waals surface area contributed by atoms with E-state index in [1.165, 1.54) is 85.5 Å². The number of aromatic nitrogens is 1. The molecule has 252 valence electrons. The van der Waals surface area contributed by atoms with Crippen LogP contribution in [0.4, 0.5) is 0 Å². The summed E-state index contributed by atoms with van der Waals surface area (Å²) in [5, 5.41) is 16.5. The Bertz CT molecular complexity index is 3360. The number of aliphatic imine (C=N–C) groups is 1. The molecule has 1 N–H and O–H groups in total. The summed E-state index contributed by atoms with van der Waals surface area (Å²) in [6.45, 7) is 0. The largest absolute Gasteiger partial charge is 0.345 e. The fraction of sp³-hybridized carbons (Fsp3) is 0.0200. The van der Waals surface area contributed by atoms with Crippen LogP contribution in [-0.2, 0) is 0 Å². The maximum Gasteiger partial charge on any atom is 0.209 e. The molecule has 0 bridgehead atoms. The summed E-state index contributed by atoms with van der Waals surface area (Å²) < 4.78 is 5.04. The molecule has 1 aliphatic carbocycles. The first-order valence-corrected chi connectivity index (χ1v) is 19.3. The molecule has 10 aromatic rings. The van der Waals surface area contributed by atoms with E-state index in [0.717, 1.165) is 22.7 Å². The molecule has 54 heavy (non-hydrogen) atoms. The minimum Gasteiger partial charge on any atom is -0.345 e. The molecule has 2 aliphatic rings. The first kappa shape index (κ1) is 29.8. The molecule has 0 fully saturated rings. The lowest BCUT2D eigenvalue weighted by molar-refractivity contribution is 0.805. The summed E-state index contributed by atoms with van der Waals surface area (Å²) in [7, 11) is 0. The summed E-state index contributed by atoms with van der Waals surface area (Å²) >= 11 is 1.88. The molecule has 0 radical (unpaired) electrons. The van der Waals surface area contributed by atoms with E-state index in [9.17, 15) is 0 Å². The third-order valence-corrected chi connectivity index (χ3v) is 12.6. The van der Waals surface area contributed by atoms with E-state index in [1.54, 1.807) is 0 Å². The molecule has 4 heteroatoms. The van der Waals surface area contributed by atoms with E-state index in [-0.39, 0.29) is 6.04 Å². The maximum absolute atomic E-state index is 5.54. The van der Waals surface area contributed by atoms with E-state index in [0.29, 0.717) is 0 Å². The Balaban J connectivity index is 1.25. The van der Waals surface area contributed by atoms with Gasteiger partial charge < -0.3 is 5.32 Å². The molecular weight excluding hydrogens is 675 g/mol. The van der Waals surface area contributed by atoms with E-state index in [4.69, 9.17) is 4.99 Å². The van der Waals surface area contributed by atoms with Gasteiger partial charge in [-0.2, -0.15) is 0 Å². The van der Waals surface area contributed by atoms with Gasteiger partial charge in [-0.15, -0.1) is 11.3 Å². The minimum atomic E-state index is -0.0115. The molecule has 0 spiro atoms. The second-order valence-corrected chi connectivity index (χ2v) is 15.3. The average molecular weight is 706 g/mol. The van der Waals surface area contributed by atoms with Gasteiger partial charge in [-0.3, -0.25) is 4.57 Å². The number of benzene rings is 8. The lowest BCUT2D eigenvalue weighted by Crippen LogP contribution is -2.42. The molecule has 2 aromatic heterocycles. The van der Waals surface area contributed by atoms with Crippen LogP contribution in [0.2, 0.25) is 0 Å². The second kappa shape index (κ2) is 11.4. The summed E-state index contributed by atoms with van der Waals surface area (Å²) in [5.74, 6) is 0.826. The van der Waals surface area contributed by atoms with Crippen LogP contribution in [0, 0.1) is 0 Å². The normalized spacial score (nSPS) is 15.6. The number of fused-ring (bicyclic) bond motifs is 14. The molecule has 1 unspecified atom stereocenters. The van der Waals surface area contributed by atoms with Gasteiger partial charge in [0, 0.05) is 52.9 Å². The van der Waals surface area contributed by atoms with Crippen molar-refractivity contribution in [1.82, 2.24) is 9.88 Å². The number of hydrogen-bond donors (Lipinski definition) is 1. The highest BCUT2D eigenvalue weighted by Crippen LogP contribution is 2.46. The molecule has 0 saturated carbocycles. The van der Waals surface area contributed by atoms with Gasteiger partial charge in [-0.05, 0) is 50.9 Å². The lowest BCUT2D eigenvalue weighted by atomic mass is 9.92. The zero-order valence-corrected chi connectivity index (χ0v) is 29.9. The Labute approximate surface area is 315 Å². The molecular formula is C50H31N3S. The predicted octanol–water partition coefficient (Wildman–Crippen LogP) is 13.0. The smallest absolute Gasteiger partial charge is 0.209 e. The molecule has 3 nitrogen and oxygen atoms in total. The van der Waals surface area contributed by atoms with E-state index in [2.05, 4.69) is 186 Å². The van der Waals surface area contributed by atoms with E-state index < -0.39 is 0 Å². The van der Waals surface area contributed by atoms with Crippen LogP contribution in [-0.4, -0.2) is 16.6 Å². The molecule has 12 rings (SSSR count). The SMILES string of the molecule is C1=CC2=C(c3ccccc3)N=C(n3c4ccc(-c5cccc6c5sc5ccccc56)cc4c4c5c6ccccc6ccc5c5ccccc5c43)NC2C=C1. The Morgan fingerprint density at radius 2 is 1.33 bits per heavy atom. The van der Waals surface area contributed by atoms with Gasteiger partial charge in [-0.1, -0.05) is 158 Å². The molecule has 0 saturated heterocycles. The van der Waals surface area contributed by atoms with Gasteiger partial charge in [-0.25, -0.2) is 4.99 Å². The zero-order valence-electron chi connectivity index (χ0n) is 29.1. The third-order valence-electron chi connectivity index (χ3n) is 11.4. The van der Waals surface area contributed by atoms with Gasteiger partial charge >= 0.3 is 0 Å². The Morgan fingerprint density at radius 3 is 2.24 bits per heavy atom. The Morgan fingerprint density at radius 1 is 0.556 bits per heavy atom. The van der Waals surface area contributed by atoms with E-state index >= 15 is 0 Å². The molecule has 1 atom stereocenters. The fourth-order valence-corrected chi connectivity index (χ4v) is 10.3. The standard InChI is InChI=1S/C50H31N3S/c1-2-14-31(15-3-1)47-40-20-8-10-23-42(40)51-50(52-47)53-43-28-26-32(34-21-12-22-39-36-18-9-11-24-44(36)54-49(34)39)29-41(43)46-45-33-16-5-4-13-30(33)25-27-37(45)35-17-6-7-19-38(35)48(46)53/h1-29,42H,(H,51,52). The topological polar surface area (TPSA) is 29.3 Å². The average Bonchev–Trinajstić information content (AvgIpc) is 3.79. The van der Waals surface area contributed by atoms with Gasteiger partial charge in [0.2, 0.25) is 5.96 Å². The van der Waals surface area contributed by atoms with Crippen LogP contribution < -0.4 is 5.32 Å². The lowest BCUT2D eigenvalue weighted by Gasteiger charge is -2.29.